The van der Waals surface area contributed by atoms with Gasteiger partial charge in [-0.1, -0.05) is 6.07 Å². The van der Waals surface area contributed by atoms with Crippen molar-refractivity contribution in [3.05, 3.63) is 78.0 Å². The Kier molecular flexibility index (Phi) is 5.14. The Hall–Kier alpha value is -3.66. The van der Waals surface area contributed by atoms with E-state index in [2.05, 4.69) is 10.0 Å². The maximum Gasteiger partial charge on any atom is 0.338 e. The van der Waals surface area contributed by atoms with Gasteiger partial charge in [0.1, 0.15) is 5.82 Å². The first-order valence-corrected chi connectivity index (χ1v) is 9.25. The zero-order chi connectivity index (χ0) is 20.3. The average molecular weight is 404 g/mol. The van der Waals surface area contributed by atoms with Crippen molar-refractivity contribution >= 4 is 33.3 Å². The Morgan fingerprint density at radius 3 is 2.43 bits per heavy atom. The zero-order valence-corrected chi connectivity index (χ0v) is 14.9. The molecule has 2 aromatic carbocycles. The number of carbonyl (C=O) groups is 2. The molecule has 144 valence electrons. The lowest BCUT2D eigenvalue weighted by Crippen LogP contribution is -2.15. The van der Waals surface area contributed by atoms with Crippen LogP contribution in [0.5, 0.6) is 0 Å². The number of carbonyl (C=O) groups excluding carboxylic acids is 1. The van der Waals surface area contributed by atoms with E-state index in [9.17, 15) is 22.4 Å². The first-order chi connectivity index (χ1) is 13.3. The highest BCUT2D eigenvalue weighted by Gasteiger charge is 2.19. The smallest absolute Gasteiger partial charge is 0.338 e. The lowest BCUT2D eigenvalue weighted by molar-refractivity contribution is 0.0691. The van der Waals surface area contributed by atoms with Gasteiger partial charge in [0.05, 0.1) is 22.4 Å². The maximum atomic E-state index is 13.5. The number of benzene rings is 2. The van der Waals surface area contributed by atoms with Crippen LogP contribution in [0.25, 0.3) is 0 Å². The largest absolute Gasteiger partial charge is 0.478 e. The van der Waals surface area contributed by atoms with E-state index in [1.54, 1.807) is 12.1 Å². The van der Waals surface area contributed by atoms with E-state index in [0.717, 1.165) is 18.2 Å². The van der Waals surface area contributed by atoms with Gasteiger partial charge in [0, 0.05) is 5.69 Å². The summed E-state index contributed by atoms with van der Waals surface area (Å²) in [6, 6.07) is 11.3. The van der Waals surface area contributed by atoms with Gasteiger partial charge in [0.2, 0.25) is 0 Å². The molecule has 0 fully saturated rings. The summed E-state index contributed by atoms with van der Waals surface area (Å²) in [6.45, 7) is 0. The molecule has 3 aromatic rings. The Morgan fingerprint density at radius 2 is 1.75 bits per heavy atom. The summed E-state index contributed by atoms with van der Waals surface area (Å²) in [5.41, 5.74) is -0.354. The lowest BCUT2D eigenvalue weighted by atomic mass is 10.2. The summed E-state index contributed by atoms with van der Waals surface area (Å²) in [7, 11) is -4.19. The number of halogens is 1. The van der Waals surface area contributed by atoms with Crippen LogP contribution in [0.4, 0.5) is 15.8 Å². The first kappa shape index (κ1) is 19.1. The summed E-state index contributed by atoms with van der Waals surface area (Å²) in [6.07, 6.45) is 1.34. The third kappa shape index (κ3) is 4.18. The highest BCUT2D eigenvalue weighted by atomic mass is 32.2. The average Bonchev–Trinajstić information content (AvgIpc) is 3.16. The fourth-order valence-corrected chi connectivity index (χ4v) is 3.39. The van der Waals surface area contributed by atoms with Gasteiger partial charge >= 0.3 is 5.97 Å². The topological polar surface area (TPSA) is 126 Å². The lowest BCUT2D eigenvalue weighted by Gasteiger charge is -2.11. The van der Waals surface area contributed by atoms with Crippen molar-refractivity contribution in [3.8, 4) is 0 Å². The molecule has 0 aliphatic heterocycles. The van der Waals surface area contributed by atoms with Crippen LogP contribution in [-0.4, -0.2) is 25.4 Å². The van der Waals surface area contributed by atoms with Gasteiger partial charge in [-0.2, -0.15) is 0 Å². The van der Waals surface area contributed by atoms with Crippen LogP contribution in [-0.2, 0) is 10.0 Å². The molecule has 1 amide bonds. The van der Waals surface area contributed by atoms with Gasteiger partial charge in [-0.25, -0.2) is 17.6 Å². The van der Waals surface area contributed by atoms with E-state index in [1.807, 2.05) is 0 Å². The van der Waals surface area contributed by atoms with Crippen LogP contribution in [0.1, 0.15) is 20.9 Å². The van der Waals surface area contributed by atoms with Crippen molar-refractivity contribution in [1.82, 2.24) is 0 Å². The summed E-state index contributed by atoms with van der Waals surface area (Å²) >= 11 is 0. The molecule has 0 aliphatic rings. The van der Waals surface area contributed by atoms with Crippen molar-refractivity contribution in [1.29, 1.82) is 0 Å². The molecule has 3 rings (SSSR count). The molecule has 1 aromatic heterocycles. The van der Waals surface area contributed by atoms with E-state index in [1.165, 1.54) is 30.5 Å². The van der Waals surface area contributed by atoms with Gasteiger partial charge in [0.25, 0.3) is 15.9 Å². The van der Waals surface area contributed by atoms with Crippen molar-refractivity contribution in [2.24, 2.45) is 0 Å². The molecule has 0 bridgehead atoms. The van der Waals surface area contributed by atoms with Crippen molar-refractivity contribution in [3.63, 3.8) is 0 Å². The Labute approximate surface area is 158 Å². The first-order valence-electron chi connectivity index (χ1n) is 7.77. The van der Waals surface area contributed by atoms with E-state index < -0.39 is 38.2 Å². The molecular formula is C18H13FN2O6S. The Balaban J connectivity index is 1.82. The summed E-state index contributed by atoms with van der Waals surface area (Å²) in [5, 5.41) is 11.5. The molecular weight excluding hydrogens is 391 g/mol. The number of nitrogens with one attached hydrogen (secondary N) is 2. The predicted octanol–water partition coefficient (Wildman–Crippen LogP) is 3.17. The molecule has 1 heterocycles. The molecule has 3 N–H and O–H groups in total. The van der Waals surface area contributed by atoms with E-state index in [-0.39, 0.29) is 11.4 Å². The highest BCUT2D eigenvalue weighted by molar-refractivity contribution is 7.92. The summed E-state index contributed by atoms with van der Waals surface area (Å²) in [5.74, 6) is -3.07. The van der Waals surface area contributed by atoms with Gasteiger partial charge in [-0.15, -0.1) is 0 Å². The number of carboxylic acid groups (broad SMARTS) is 1. The number of hydrogen-bond donors (Lipinski definition) is 3. The number of carboxylic acids is 1. The fourth-order valence-electron chi connectivity index (χ4n) is 2.31. The zero-order valence-electron chi connectivity index (χ0n) is 14.0. The van der Waals surface area contributed by atoms with Crippen LogP contribution in [0.3, 0.4) is 0 Å². The number of anilines is 2. The standard InChI is InChI=1S/C18H13FN2O6S/c19-15-7-6-13(10-14(15)18(23)24)28(25,26)21-12-4-1-3-11(9-12)20-17(22)16-5-2-8-27-16/h1-10,21H,(H,20,22)(H,23,24). The van der Waals surface area contributed by atoms with Crippen LogP contribution in [0.15, 0.2) is 70.2 Å². The van der Waals surface area contributed by atoms with Crippen LogP contribution >= 0.6 is 0 Å². The minimum atomic E-state index is -4.19. The van der Waals surface area contributed by atoms with E-state index in [0.29, 0.717) is 5.69 Å². The molecule has 0 unspecified atom stereocenters. The third-order valence-electron chi connectivity index (χ3n) is 3.60. The SMILES string of the molecule is O=C(Nc1cccc(NS(=O)(=O)c2ccc(F)c(C(=O)O)c2)c1)c1ccco1. The predicted molar refractivity (Wildman–Crippen MR) is 97.3 cm³/mol. The molecule has 0 saturated carbocycles. The second kappa shape index (κ2) is 7.53. The summed E-state index contributed by atoms with van der Waals surface area (Å²) in [4.78, 5) is 22.6. The van der Waals surface area contributed by atoms with Gasteiger partial charge in [-0.05, 0) is 48.5 Å². The quantitative estimate of drug-likeness (QED) is 0.579. The van der Waals surface area contributed by atoms with E-state index in [4.69, 9.17) is 9.52 Å². The monoisotopic (exact) mass is 404 g/mol. The fraction of sp³-hybridized carbons (Fsp3) is 0. The number of aromatic carboxylic acids is 1. The highest BCUT2D eigenvalue weighted by Crippen LogP contribution is 2.22. The molecule has 0 radical (unpaired) electrons. The number of hydrogen-bond acceptors (Lipinski definition) is 5. The Morgan fingerprint density at radius 1 is 1.00 bits per heavy atom. The number of amides is 1. The molecule has 0 spiro atoms. The van der Waals surface area contributed by atoms with Gasteiger partial charge < -0.3 is 14.8 Å². The number of sulfonamides is 1. The third-order valence-corrected chi connectivity index (χ3v) is 4.98. The second-order valence-electron chi connectivity index (χ2n) is 5.56. The summed E-state index contributed by atoms with van der Waals surface area (Å²) < 4.78 is 45.7. The van der Waals surface area contributed by atoms with Crippen molar-refractivity contribution < 1.29 is 31.9 Å². The normalized spacial score (nSPS) is 11.0. The Bertz CT molecular complexity index is 1140. The van der Waals surface area contributed by atoms with Crippen molar-refractivity contribution in [2.45, 2.75) is 4.90 Å². The van der Waals surface area contributed by atoms with Crippen LogP contribution in [0, 0.1) is 5.82 Å². The number of rotatable bonds is 6. The molecule has 0 saturated heterocycles. The van der Waals surface area contributed by atoms with Gasteiger partial charge in [0.15, 0.2) is 5.76 Å². The molecule has 28 heavy (non-hydrogen) atoms. The maximum absolute atomic E-state index is 13.5. The van der Waals surface area contributed by atoms with Crippen LogP contribution in [0.2, 0.25) is 0 Å². The molecule has 8 nitrogen and oxygen atoms in total. The van der Waals surface area contributed by atoms with Crippen molar-refractivity contribution in [2.75, 3.05) is 10.0 Å². The molecule has 0 atom stereocenters. The minimum absolute atomic E-state index is 0.0819. The van der Waals surface area contributed by atoms with E-state index >= 15 is 0 Å². The van der Waals surface area contributed by atoms with Crippen LogP contribution < -0.4 is 10.0 Å². The number of furan rings is 1. The molecule has 0 aliphatic carbocycles. The second-order valence-corrected chi connectivity index (χ2v) is 7.25. The molecule has 10 heteroatoms. The minimum Gasteiger partial charge on any atom is -0.478 e. The van der Waals surface area contributed by atoms with Gasteiger partial charge in [-0.3, -0.25) is 9.52 Å².